The van der Waals surface area contributed by atoms with Crippen molar-refractivity contribution in [2.24, 2.45) is 7.05 Å². The van der Waals surface area contributed by atoms with Crippen LogP contribution in [0.4, 0.5) is 5.82 Å². The minimum Gasteiger partial charge on any atom is -0.354 e. The first kappa shape index (κ1) is 19.8. The van der Waals surface area contributed by atoms with E-state index in [0.717, 1.165) is 24.5 Å². The number of aryl methyl sites for hydroxylation is 1. The van der Waals surface area contributed by atoms with Crippen molar-refractivity contribution in [1.82, 2.24) is 30.3 Å². The monoisotopic (exact) mass is 385 g/mol. The van der Waals surface area contributed by atoms with Gasteiger partial charge in [0.05, 0.1) is 6.20 Å². The molecule has 1 saturated heterocycles. The van der Waals surface area contributed by atoms with Crippen LogP contribution in [0.5, 0.6) is 0 Å². The highest BCUT2D eigenvalue weighted by Gasteiger charge is 2.23. The molecule has 2 aromatic heterocycles. The van der Waals surface area contributed by atoms with E-state index in [4.69, 9.17) is 0 Å². The molecule has 1 unspecified atom stereocenters. The summed E-state index contributed by atoms with van der Waals surface area (Å²) < 4.78 is 1.65. The molecule has 1 atom stereocenters. The topological polar surface area (TPSA) is 95.4 Å². The summed E-state index contributed by atoms with van der Waals surface area (Å²) in [5.74, 6) is 0.835. The zero-order valence-electron chi connectivity index (χ0n) is 16.3. The Balaban J connectivity index is 1.41. The molecule has 3 heterocycles. The molecule has 2 aromatic rings. The molecule has 28 heavy (non-hydrogen) atoms. The summed E-state index contributed by atoms with van der Waals surface area (Å²) in [5.41, 5.74) is 0.791. The van der Waals surface area contributed by atoms with Crippen molar-refractivity contribution < 1.29 is 9.59 Å². The number of hydrogen-bond donors (Lipinski definition) is 2. The Hall–Kier alpha value is -2.94. The predicted octanol–water partition coefficient (Wildman–Crippen LogP) is -0.0693. The van der Waals surface area contributed by atoms with Crippen LogP contribution >= 0.6 is 0 Å². The normalized spacial score (nSPS) is 15.4. The predicted molar refractivity (Wildman–Crippen MR) is 106 cm³/mol. The lowest BCUT2D eigenvalue weighted by Gasteiger charge is -2.35. The first-order valence-corrected chi connectivity index (χ1v) is 9.45. The van der Waals surface area contributed by atoms with E-state index in [0.29, 0.717) is 26.1 Å². The summed E-state index contributed by atoms with van der Waals surface area (Å²) in [6.07, 6.45) is 5.53. The Labute approximate surface area is 164 Å². The summed E-state index contributed by atoms with van der Waals surface area (Å²) >= 11 is 0. The van der Waals surface area contributed by atoms with E-state index in [1.165, 1.54) is 0 Å². The summed E-state index contributed by atoms with van der Waals surface area (Å²) in [6.45, 7) is 3.17. The lowest BCUT2D eigenvalue weighted by atomic mass is 10.1. The van der Waals surface area contributed by atoms with Gasteiger partial charge in [-0.25, -0.2) is 4.98 Å². The van der Waals surface area contributed by atoms with Crippen molar-refractivity contribution in [2.45, 2.75) is 12.5 Å². The van der Waals surface area contributed by atoms with Gasteiger partial charge in [-0.3, -0.25) is 14.3 Å². The Morgan fingerprint density at radius 1 is 1.21 bits per heavy atom. The number of likely N-dealkylation sites (N-methyl/N-ethyl adjacent to an activating group) is 1. The average molecular weight is 385 g/mol. The molecular weight excluding hydrogens is 358 g/mol. The first-order valence-electron chi connectivity index (χ1n) is 9.45. The maximum Gasteiger partial charge on any atom is 0.241 e. The van der Waals surface area contributed by atoms with E-state index in [-0.39, 0.29) is 11.8 Å². The van der Waals surface area contributed by atoms with Crippen molar-refractivity contribution in [2.75, 3.05) is 44.7 Å². The number of aromatic nitrogens is 3. The van der Waals surface area contributed by atoms with Crippen LogP contribution in [0.25, 0.3) is 0 Å². The molecule has 3 rings (SSSR count). The molecule has 1 fully saturated rings. The van der Waals surface area contributed by atoms with Crippen molar-refractivity contribution in [1.29, 1.82) is 0 Å². The molecule has 2 amide bonds. The number of nitrogens with zero attached hydrogens (tertiary/aromatic N) is 5. The van der Waals surface area contributed by atoms with Gasteiger partial charge in [-0.15, -0.1) is 0 Å². The molecule has 0 bridgehead atoms. The lowest BCUT2D eigenvalue weighted by molar-refractivity contribution is -0.131. The SMILES string of the molecule is CNC(C(=O)NCCC(=O)N1CCN(c2ccccn2)CC1)c1cnn(C)c1. The summed E-state index contributed by atoms with van der Waals surface area (Å²) in [4.78, 5) is 33.2. The Bertz CT molecular complexity index is 785. The largest absolute Gasteiger partial charge is 0.354 e. The van der Waals surface area contributed by atoms with E-state index < -0.39 is 6.04 Å². The molecule has 0 spiro atoms. The zero-order chi connectivity index (χ0) is 19.9. The number of nitrogens with one attached hydrogen (secondary N) is 2. The van der Waals surface area contributed by atoms with Crippen LogP contribution in [-0.2, 0) is 16.6 Å². The molecule has 1 aliphatic heterocycles. The molecule has 9 heteroatoms. The first-order chi connectivity index (χ1) is 13.6. The third-order valence-corrected chi connectivity index (χ3v) is 4.85. The van der Waals surface area contributed by atoms with Gasteiger partial charge in [-0.2, -0.15) is 5.10 Å². The fourth-order valence-corrected chi connectivity index (χ4v) is 3.32. The highest BCUT2D eigenvalue weighted by atomic mass is 16.2. The molecule has 0 aromatic carbocycles. The van der Waals surface area contributed by atoms with Crippen LogP contribution < -0.4 is 15.5 Å². The van der Waals surface area contributed by atoms with Crippen molar-refractivity contribution in [3.05, 3.63) is 42.4 Å². The van der Waals surface area contributed by atoms with Crippen LogP contribution in [0.1, 0.15) is 18.0 Å². The molecule has 0 radical (unpaired) electrons. The second-order valence-electron chi connectivity index (χ2n) is 6.77. The van der Waals surface area contributed by atoms with Crippen LogP contribution in [0.2, 0.25) is 0 Å². The number of pyridine rings is 1. The second kappa shape index (κ2) is 9.32. The van der Waals surface area contributed by atoms with Crippen LogP contribution in [0.15, 0.2) is 36.8 Å². The van der Waals surface area contributed by atoms with Crippen LogP contribution in [-0.4, -0.2) is 71.3 Å². The summed E-state index contributed by atoms with van der Waals surface area (Å²) in [7, 11) is 3.53. The van der Waals surface area contributed by atoms with Gasteiger partial charge in [0.1, 0.15) is 11.9 Å². The molecular formula is C19H27N7O2. The standard InChI is InChI=1S/C19H27N7O2/c1-20-18(15-13-23-24(2)14-15)19(28)22-8-6-17(27)26-11-9-25(10-12-26)16-5-3-4-7-21-16/h3-5,7,13-14,18,20H,6,8-12H2,1-2H3,(H,22,28). The van der Waals surface area contributed by atoms with Gasteiger partial charge >= 0.3 is 0 Å². The molecule has 1 aliphatic rings. The summed E-state index contributed by atoms with van der Waals surface area (Å²) in [5, 5.41) is 9.91. The van der Waals surface area contributed by atoms with Crippen LogP contribution in [0, 0.1) is 0 Å². The smallest absolute Gasteiger partial charge is 0.241 e. The third-order valence-electron chi connectivity index (χ3n) is 4.85. The van der Waals surface area contributed by atoms with Crippen molar-refractivity contribution in [3.8, 4) is 0 Å². The molecule has 2 N–H and O–H groups in total. The number of piperazine rings is 1. The van der Waals surface area contributed by atoms with Crippen LogP contribution in [0.3, 0.4) is 0 Å². The number of carbonyl (C=O) groups excluding carboxylic acids is 2. The third kappa shape index (κ3) is 4.86. The van der Waals surface area contributed by atoms with Gasteiger partial charge < -0.3 is 20.4 Å². The molecule has 9 nitrogen and oxygen atoms in total. The van der Waals surface area contributed by atoms with Gasteiger partial charge in [0.25, 0.3) is 0 Å². The summed E-state index contributed by atoms with van der Waals surface area (Å²) in [6, 6.07) is 5.36. The quantitative estimate of drug-likeness (QED) is 0.693. The number of hydrogen-bond acceptors (Lipinski definition) is 6. The van der Waals surface area contributed by atoms with Gasteiger partial charge in [-0.05, 0) is 19.2 Å². The number of rotatable bonds is 7. The van der Waals surface area contributed by atoms with E-state index in [1.807, 2.05) is 23.1 Å². The molecule has 150 valence electrons. The minimum atomic E-state index is -0.481. The highest BCUT2D eigenvalue weighted by Crippen LogP contribution is 2.13. The van der Waals surface area contributed by atoms with E-state index in [2.05, 4.69) is 25.6 Å². The van der Waals surface area contributed by atoms with Gasteiger partial charge in [-0.1, -0.05) is 6.07 Å². The molecule has 0 saturated carbocycles. The average Bonchev–Trinajstić information content (AvgIpc) is 3.15. The number of amides is 2. The Morgan fingerprint density at radius 2 is 2.00 bits per heavy atom. The van der Waals surface area contributed by atoms with Gasteiger partial charge in [0, 0.05) is 64.1 Å². The zero-order valence-corrected chi connectivity index (χ0v) is 16.3. The van der Waals surface area contributed by atoms with Crippen molar-refractivity contribution in [3.63, 3.8) is 0 Å². The van der Waals surface area contributed by atoms with E-state index >= 15 is 0 Å². The number of carbonyl (C=O) groups is 2. The fourth-order valence-electron chi connectivity index (χ4n) is 3.32. The fraction of sp³-hybridized carbons (Fsp3) is 0.474. The number of anilines is 1. The van der Waals surface area contributed by atoms with Crippen molar-refractivity contribution >= 4 is 17.6 Å². The second-order valence-corrected chi connectivity index (χ2v) is 6.77. The maximum atomic E-state index is 12.4. The minimum absolute atomic E-state index is 0.0587. The lowest BCUT2D eigenvalue weighted by Crippen LogP contribution is -2.49. The van der Waals surface area contributed by atoms with E-state index in [9.17, 15) is 9.59 Å². The molecule has 0 aliphatic carbocycles. The van der Waals surface area contributed by atoms with E-state index in [1.54, 1.807) is 37.4 Å². The van der Waals surface area contributed by atoms with Gasteiger partial charge in [0.15, 0.2) is 0 Å². The Kier molecular flexibility index (Phi) is 6.59. The maximum absolute atomic E-state index is 12.4. The highest BCUT2D eigenvalue weighted by molar-refractivity contribution is 5.84. The Morgan fingerprint density at radius 3 is 2.61 bits per heavy atom. The van der Waals surface area contributed by atoms with Gasteiger partial charge in [0.2, 0.25) is 11.8 Å².